The first-order valence-corrected chi connectivity index (χ1v) is 6.38. The van der Waals surface area contributed by atoms with Gasteiger partial charge in [0.05, 0.1) is 14.2 Å². The average molecular weight is 285 g/mol. The van der Waals surface area contributed by atoms with Gasteiger partial charge in [-0.15, -0.1) is 0 Å². The van der Waals surface area contributed by atoms with Crippen molar-refractivity contribution in [3.05, 3.63) is 11.8 Å². The monoisotopic (exact) mass is 285 g/mol. The number of carbonyl (C=O) groups is 3. The van der Waals surface area contributed by atoms with E-state index in [0.717, 1.165) is 4.90 Å². The van der Waals surface area contributed by atoms with Gasteiger partial charge in [-0.25, -0.2) is 9.59 Å². The molecule has 0 saturated heterocycles. The molecule has 0 unspecified atom stereocenters. The standard InChI is InChI=1S/C13H19NO6/c1-4-5-11(15)20-9-6-7-14(13(17)19-3)10(8-9)12(16)18-2/h8-9H,4-7H2,1-3H3/t9-/m1/s1. The van der Waals surface area contributed by atoms with E-state index in [0.29, 0.717) is 19.3 Å². The van der Waals surface area contributed by atoms with Gasteiger partial charge >= 0.3 is 18.0 Å². The van der Waals surface area contributed by atoms with Gasteiger partial charge in [-0.05, 0) is 12.5 Å². The normalized spacial score (nSPS) is 18.1. The van der Waals surface area contributed by atoms with Crippen LogP contribution in [0, 0.1) is 0 Å². The third kappa shape index (κ3) is 3.97. The number of methoxy groups -OCH3 is 2. The molecule has 112 valence electrons. The molecule has 7 nitrogen and oxygen atoms in total. The Balaban J connectivity index is 2.86. The summed E-state index contributed by atoms with van der Waals surface area (Å²) in [6, 6.07) is 0. The van der Waals surface area contributed by atoms with Crippen LogP contribution in [0.25, 0.3) is 0 Å². The van der Waals surface area contributed by atoms with E-state index in [1.807, 2.05) is 6.92 Å². The van der Waals surface area contributed by atoms with Crippen LogP contribution < -0.4 is 0 Å². The summed E-state index contributed by atoms with van der Waals surface area (Å²) in [5.74, 6) is -1.00. The number of hydrogen-bond donors (Lipinski definition) is 0. The summed E-state index contributed by atoms with van der Waals surface area (Å²) < 4.78 is 14.4. The Morgan fingerprint density at radius 3 is 2.55 bits per heavy atom. The quantitative estimate of drug-likeness (QED) is 0.570. The lowest BCUT2D eigenvalue weighted by Crippen LogP contribution is -2.40. The predicted molar refractivity (Wildman–Crippen MR) is 68.6 cm³/mol. The van der Waals surface area contributed by atoms with Crippen molar-refractivity contribution in [2.75, 3.05) is 20.8 Å². The maximum atomic E-state index is 11.7. The molecule has 1 amide bonds. The van der Waals surface area contributed by atoms with E-state index in [2.05, 4.69) is 9.47 Å². The van der Waals surface area contributed by atoms with Gasteiger partial charge in [0.15, 0.2) is 0 Å². The van der Waals surface area contributed by atoms with E-state index in [-0.39, 0.29) is 18.2 Å². The highest BCUT2D eigenvalue weighted by molar-refractivity contribution is 5.92. The molecule has 0 aromatic rings. The van der Waals surface area contributed by atoms with Gasteiger partial charge in [0.25, 0.3) is 0 Å². The minimum absolute atomic E-state index is 0.0277. The third-order valence-electron chi connectivity index (χ3n) is 2.80. The molecule has 0 radical (unpaired) electrons. The minimum Gasteiger partial charge on any atom is -0.464 e. The lowest BCUT2D eigenvalue weighted by Gasteiger charge is -2.29. The molecular weight excluding hydrogens is 266 g/mol. The van der Waals surface area contributed by atoms with Crippen LogP contribution >= 0.6 is 0 Å². The maximum Gasteiger partial charge on any atom is 0.414 e. The zero-order valence-corrected chi connectivity index (χ0v) is 11.9. The summed E-state index contributed by atoms with van der Waals surface area (Å²) in [4.78, 5) is 35.9. The molecular formula is C13H19NO6. The van der Waals surface area contributed by atoms with Crippen molar-refractivity contribution in [3.8, 4) is 0 Å². The SMILES string of the molecule is CCCC(=O)O[C@H]1C=C(C(=O)OC)N(C(=O)OC)CC1. The molecule has 0 fully saturated rings. The Morgan fingerprint density at radius 1 is 1.30 bits per heavy atom. The summed E-state index contributed by atoms with van der Waals surface area (Å²) in [7, 11) is 2.44. The lowest BCUT2D eigenvalue weighted by atomic mass is 10.1. The topological polar surface area (TPSA) is 82.1 Å². The zero-order valence-electron chi connectivity index (χ0n) is 11.9. The van der Waals surface area contributed by atoms with E-state index in [1.165, 1.54) is 20.3 Å². The largest absolute Gasteiger partial charge is 0.464 e. The first kappa shape index (κ1) is 16.0. The van der Waals surface area contributed by atoms with Crippen LogP contribution in [0.1, 0.15) is 26.2 Å². The Bertz CT molecular complexity index is 417. The second kappa shape index (κ2) is 7.52. The first-order valence-electron chi connectivity index (χ1n) is 6.38. The van der Waals surface area contributed by atoms with E-state index >= 15 is 0 Å². The fraction of sp³-hybridized carbons (Fsp3) is 0.615. The summed E-state index contributed by atoms with van der Waals surface area (Å²) in [5.41, 5.74) is 0.0277. The van der Waals surface area contributed by atoms with Crippen molar-refractivity contribution in [2.45, 2.75) is 32.3 Å². The van der Waals surface area contributed by atoms with Crippen LogP contribution in [0.4, 0.5) is 4.79 Å². The molecule has 7 heteroatoms. The number of hydrogen-bond acceptors (Lipinski definition) is 6. The molecule has 1 rings (SSSR count). The highest BCUT2D eigenvalue weighted by Crippen LogP contribution is 2.20. The minimum atomic E-state index is -0.674. The highest BCUT2D eigenvalue weighted by atomic mass is 16.6. The molecule has 1 atom stereocenters. The van der Waals surface area contributed by atoms with Gasteiger partial charge in [0, 0.05) is 19.4 Å². The maximum absolute atomic E-state index is 11.7. The Hall–Kier alpha value is -2.05. The summed E-state index contributed by atoms with van der Waals surface area (Å²) in [6.45, 7) is 2.09. The second-order valence-corrected chi connectivity index (χ2v) is 4.23. The van der Waals surface area contributed by atoms with Gasteiger partial charge in [0.1, 0.15) is 11.8 Å². The van der Waals surface area contributed by atoms with E-state index in [4.69, 9.17) is 4.74 Å². The molecule has 20 heavy (non-hydrogen) atoms. The van der Waals surface area contributed by atoms with Gasteiger partial charge < -0.3 is 14.2 Å². The molecule has 1 aliphatic heterocycles. The third-order valence-corrected chi connectivity index (χ3v) is 2.80. The second-order valence-electron chi connectivity index (χ2n) is 4.23. The molecule has 0 saturated carbocycles. The number of carbonyl (C=O) groups excluding carboxylic acids is 3. The molecule has 0 spiro atoms. The number of esters is 2. The molecule has 1 heterocycles. The van der Waals surface area contributed by atoms with Crippen molar-refractivity contribution < 1.29 is 28.6 Å². The predicted octanol–water partition coefficient (Wildman–Crippen LogP) is 1.23. The van der Waals surface area contributed by atoms with Crippen molar-refractivity contribution in [3.63, 3.8) is 0 Å². The van der Waals surface area contributed by atoms with E-state index in [1.54, 1.807) is 0 Å². The molecule has 0 aromatic heterocycles. The average Bonchev–Trinajstić information content (AvgIpc) is 2.45. The van der Waals surface area contributed by atoms with Gasteiger partial charge in [-0.1, -0.05) is 6.92 Å². The smallest absolute Gasteiger partial charge is 0.414 e. The molecule has 0 bridgehead atoms. The van der Waals surface area contributed by atoms with Crippen LogP contribution in [0.5, 0.6) is 0 Å². The Kier molecular flexibility index (Phi) is 6.02. The molecule has 0 aliphatic carbocycles. The summed E-state index contributed by atoms with van der Waals surface area (Å²) in [5, 5.41) is 0. The fourth-order valence-electron chi connectivity index (χ4n) is 1.83. The number of rotatable bonds is 4. The van der Waals surface area contributed by atoms with Crippen molar-refractivity contribution in [1.29, 1.82) is 0 Å². The number of amides is 1. The number of nitrogens with zero attached hydrogens (tertiary/aromatic N) is 1. The van der Waals surface area contributed by atoms with Gasteiger partial charge in [-0.2, -0.15) is 0 Å². The summed E-state index contributed by atoms with van der Waals surface area (Å²) in [6.07, 6.45) is 1.64. The van der Waals surface area contributed by atoms with E-state index in [9.17, 15) is 14.4 Å². The van der Waals surface area contributed by atoms with Crippen molar-refractivity contribution in [1.82, 2.24) is 4.90 Å². The van der Waals surface area contributed by atoms with Crippen LogP contribution in [0.3, 0.4) is 0 Å². The van der Waals surface area contributed by atoms with Crippen LogP contribution in [-0.4, -0.2) is 49.8 Å². The zero-order chi connectivity index (χ0) is 15.1. The van der Waals surface area contributed by atoms with Crippen LogP contribution in [-0.2, 0) is 23.8 Å². The Morgan fingerprint density at radius 2 is 2.00 bits per heavy atom. The van der Waals surface area contributed by atoms with Crippen LogP contribution in [0.2, 0.25) is 0 Å². The van der Waals surface area contributed by atoms with Gasteiger partial charge in [0.2, 0.25) is 0 Å². The number of ether oxygens (including phenoxy) is 3. The Labute approximate surface area is 117 Å². The van der Waals surface area contributed by atoms with E-state index < -0.39 is 18.2 Å². The highest BCUT2D eigenvalue weighted by Gasteiger charge is 2.31. The molecule has 1 aliphatic rings. The first-order chi connectivity index (χ1) is 9.53. The van der Waals surface area contributed by atoms with Gasteiger partial charge in [-0.3, -0.25) is 9.69 Å². The van der Waals surface area contributed by atoms with Crippen molar-refractivity contribution in [2.24, 2.45) is 0 Å². The molecule has 0 N–H and O–H groups in total. The fourth-order valence-corrected chi connectivity index (χ4v) is 1.83. The van der Waals surface area contributed by atoms with Crippen molar-refractivity contribution >= 4 is 18.0 Å². The summed E-state index contributed by atoms with van der Waals surface area (Å²) >= 11 is 0. The molecule has 0 aromatic carbocycles. The lowest BCUT2D eigenvalue weighted by molar-refractivity contribution is -0.148. The van der Waals surface area contributed by atoms with Crippen LogP contribution in [0.15, 0.2) is 11.8 Å².